The van der Waals surface area contributed by atoms with E-state index in [4.69, 9.17) is 4.74 Å². The highest BCUT2D eigenvalue weighted by molar-refractivity contribution is 5.24. The Morgan fingerprint density at radius 3 is 2.80 bits per heavy atom. The molecule has 2 heterocycles. The summed E-state index contributed by atoms with van der Waals surface area (Å²) >= 11 is 0. The van der Waals surface area contributed by atoms with E-state index in [0.717, 1.165) is 31.3 Å². The summed E-state index contributed by atoms with van der Waals surface area (Å²) in [6.07, 6.45) is 6.02. The molecule has 0 radical (unpaired) electrons. The fourth-order valence-corrected chi connectivity index (χ4v) is 2.02. The Balaban J connectivity index is 1.64. The standard InChI is InChI=1S/C12H16N2O/c1-2-9(1)10-3-4-12(14-7-10)15-11-5-6-13-8-11/h3-4,7,9,11,13H,1-2,5-6,8H2/t11-/m1/s1. The van der Waals surface area contributed by atoms with Crippen molar-refractivity contribution in [1.82, 2.24) is 10.3 Å². The largest absolute Gasteiger partial charge is 0.473 e. The van der Waals surface area contributed by atoms with Gasteiger partial charge in [-0.15, -0.1) is 0 Å². The van der Waals surface area contributed by atoms with Gasteiger partial charge in [0.2, 0.25) is 5.88 Å². The lowest BCUT2D eigenvalue weighted by Crippen LogP contribution is -2.19. The number of nitrogens with one attached hydrogen (secondary N) is 1. The van der Waals surface area contributed by atoms with Crippen LogP contribution in [-0.4, -0.2) is 24.2 Å². The molecule has 0 aromatic carbocycles. The van der Waals surface area contributed by atoms with Gasteiger partial charge in [0, 0.05) is 18.8 Å². The molecule has 1 aliphatic heterocycles. The average molecular weight is 204 g/mol. The van der Waals surface area contributed by atoms with Crippen LogP contribution in [0.4, 0.5) is 0 Å². The molecule has 1 aromatic heterocycles. The molecule has 1 atom stereocenters. The molecule has 0 bridgehead atoms. The summed E-state index contributed by atoms with van der Waals surface area (Å²) in [5.74, 6) is 1.55. The first kappa shape index (κ1) is 9.16. The predicted molar refractivity (Wildman–Crippen MR) is 58.1 cm³/mol. The van der Waals surface area contributed by atoms with Crippen molar-refractivity contribution in [1.29, 1.82) is 0 Å². The monoisotopic (exact) mass is 204 g/mol. The Kier molecular flexibility index (Phi) is 2.33. The highest BCUT2D eigenvalue weighted by atomic mass is 16.5. The number of hydrogen-bond donors (Lipinski definition) is 1. The van der Waals surface area contributed by atoms with Gasteiger partial charge in [-0.2, -0.15) is 0 Å². The van der Waals surface area contributed by atoms with E-state index in [-0.39, 0.29) is 0 Å². The second-order valence-electron chi connectivity index (χ2n) is 4.44. The van der Waals surface area contributed by atoms with Crippen molar-refractivity contribution in [2.24, 2.45) is 0 Å². The molecule has 1 saturated heterocycles. The number of rotatable bonds is 3. The van der Waals surface area contributed by atoms with Crippen molar-refractivity contribution >= 4 is 0 Å². The van der Waals surface area contributed by atoms with Crippen LogP contribution in [0.15, 0.2) is 18.3 Å². The van der Waals surface area contributed by atoms with Gasteiger partial charge in [-0.3, -0.25) is 0 Å². The topological polar surface area (TPSA) is 34.1 Å². The third-order valence-corrected chi connectivity index (χ3v) is 3.11. The molecule has 0 unspecified atom stereocenters. The van der Waals surface area contributed by atoms with Gasteiger partial charge in [-0.05, 0) is 37.3 Å². The maximum Gasteiger partial charge on any atom is 0.213 e. The molecular weight excluding hydrogens is 188 g/mol. The Morgan fingerprint density at radius 1 is 1.27 bits per heavy atom. The second-order valence-corrected chi connectivity index (χ2v) is 4.44. The van der Waals surface area contributed by atoms with Gasteiger partial charge in [0.25, 0.3) is 0 Å². The SMILES string of the molecule is c1cc(O[C@@H]2CCNC2)ncc1C1CC1. The molecular formula is C12H16N2O. The van der Waals surface area contributed by atoms with Gasteiger partial charge < -0.3 is 10.1 Å². The van der Waals surface area contributed by atoms with E-state index >= 15 is 0 Å². The summed E-state index contributed by atoms with van der Waals surface area (Å²) in [6.45, 7) is 2.01. The quantitative estimate of drug-likeness (QED) is 0.813. The van der Waals surface area contributed by atoms with Crippen molar-refractivity contribution < 1.29 is 4.74 Å². The number of hydrogen-bond acceptors (Lipinski definition) is 3. The number of nitrogens with zero attached hydrogens (tertiary/aromatic N) is 1. The molecule has 1 aromatic rings. The summed E-state index contributed by atoms with van der Waals surface area (Å²) < 4.78 is 5.76. The van der Waals surface area contributed by atoms with E-state index in [1.54, 1.807) is 0 Å². The van der Waals surface area contributed by atoms with Crippen molar-refractivity contribution in [2.75, 3.05) is 13.1 Å². The van der Waals surface area contributed by atoms with Crippen molar-refractivity contribution in [3.63, 3.8) is 0 Å². The maximum absolute atomic E-state index is 5.76. The highest BCUT2D eigenvalue weighted by Crippen LogP contribution is 2.39. The zero-order valence-electron chi connectivity index (χ0n) is 8.78. The molecule has 0 amide bonds. The van der Waals surface area contributed by atoms with Gasteiger partial charge in [0.15, 0.2) is 0 Å². The van der Waals surface area contributed by atoms with Crippen molar-refractivity contribution in [2.45, 2.75) is 31.3 Å². The Hall–Kier alpha value is -1.09. The Labute approximate surface area is 89.9 Å². The lowest BCUT2D eigenvalue weighted by Gasteiger charge is -2.11. The van der Waals surface area contributed by atoms with Crippen LogP contribution >= 0.6 is 0 Å². The first-order chi connectivity index (χ1) is 7.42. The van der Waals surface area contributed by atoms with E-state index in [2.05, 4.69) is 16.4 Å². The van der Waals surface area contributed by atoms with Crippen LogP contribution in [-0.2, 0) is 0 Å². The van der Waals surface area contributed by atoms with E-state index < -0.39 is 0 Å². The summed E-state index contributed by atoms with van der Waals surface area (Å²) in [6, 6.07) is 4.16. The Bertz CT molecular complexity index is 326. The molecule has 2 aliphatic rings. The van der Waals surface area contributed by atoms with Crippen LogP contribution in [0.25, 0.3) is 0 Å². The predicted octanol–water partition coefficient (Wildman–Crippen LogP) is 1.70. The van der Waals surface area contributed by atoms with E-state index in [1.807, 2.05) is 12.3 Å². The molecule has 3 heteroatoms. The fourth-order valence-electron chi connectivity index (χ4n) is 2.02. The van der Waals surface area contributed by atoms with E-state index in [0.29, 0.717) is 6.10 Å². The van der Waals surface area contributed by atoms with Crippen LogP contribution in [0.2, 0.25) is 0 Å². The average Bonchev–Trinajstić information content (AvgIpc) is 2.99. The van der Waals surface area contributed by atoms with Gasteiger partial charge in [0.1, 0.15) is 6.10 Å². The van der Waals surface area contributed by atoms with Crippen LogP contribution in [0.1, 0.15) is 30.7 Å². The van der Waals surface area contributed by atoms with Crippen molar-refractivity contribution in [3.8, 4) is 5.88 Å². The lowest BCUT2D eigenvalue weighted by molar-refractivity contribution is 0.214. The number of pyridine rings is 1. The summed E-state index contributed by atoms with van der Waals surface area (Å²) in [7, 11) is 0. The lowest BCUT2D eigenvalue weighted by atomic mass is 10.2. The molecule has 3 rings (SSSR count). The third-order valence-electron chi connectivity index (χ3n) is 3.11. The number of ether oxygens (including phenoxy) is 1. The molecule has 2 fully saturated rings. The molecule has 3 nitrogen and oxygen atoms in total. The van der Waals surface area contributed by atoms with Gasteiger partial charge >= 0.3 is 0 Å². The summed E-state index contributed by atoms with van der Waals surface area (Å²) in [5.41, 5.74) is 1.37. The smallest absolute Gasteiger partial charge is 0.213 e. The van der Waals surface area contributed by atoms with Gasteiger partial charge in [-0.1, -0.05) is 6.07 Å². The van der Waals surface area contributed by atoms with Crippen LogP contribution in [0.5, 0.6) is 5.88 Å². The van der Waals surface area contributed by atoms with Crippen LogP contribution in [0.3, 0.4) is 0 Å². The molecule has 1 N–H and O–H groups in total. The summed E-state index contributed by atoms with van der Waals surface area (Å²) in [4.78, 5) is 4.35. The fraction of sp³-hybridized carbons (Fsp3) is 0.583. The van der Waals surface area contributed by atoms with E-state index in [9.17, 15) is 0 Å². The van der Waals surface area contributed by atoms with Crippen molar-refractivity contribution in [3.05, 3.63) is 23.9 Å². The molecule has 1 saturated carbocycles. The maximum atomic E-state index is 5.76. The second kappa shape index (κ2) is 3.81. The zero-order valence-corrected chi connectivity index (χ0v) is 8.78. The molecule has 15 heavy (non-hydrogen) atoms. The molecule has 80 valence electrons. The van der Waals surface area contributed by atoms with Crippen LogP contribution in [0, 0.1) is 0 Å². The first-order valence-corrected chi connectivity index (χ1v) is 5.75. The number of aromatic nitrogens is 1. The Morgan fingerprint density at radius 2 is 2.20 bits per heavy atom. The first-order valence-electron chi connectivity index (χ1n) is 5.75. The van der Waals surface area contributed by atoms with Gasteiger partial charge in [-0.25, -0.2) is 4.98 Å². The van der Waals surface area contributed by atoms with Gasteiger partial charge in [0.05, 0.1) is 0 Å². The minimum Gasteiger partial charge on any atom is -0.473 e. The van der Waals surface area contributed by atoms with E-state index in [1.165, 1.54) is 18.4 Å². The third kappa shape index (κ3) is 2.12. The zero-order chi connectivity index (χ0) is 10.1. The molecule has 1 aliphatic carbocycles. The van der Waals surface area contributed by atoms with Crippen LogP contribution < -0.4 is 10.1 Å². The normalized spacial score (nSPS) is 25.5. The minimum atomic E-state index is 0.310. The highest BCUT2D eigenvalue weighted by Gasteiger charge is 2.24. The molecule has 0 spiro atoms. The summed E-state index contributed by atoms with van der Waals surface area (Å²) in [5, 5.41) is 3.28. The minimum absolute atomic E-state index is 0.310.